The largest absolute Gasteiger partial charge is 0.398 e. The molecule has 0 spiro atoms. The highest BCUT2D eigenvalue weighted by molar-refractivity contribution is 7.99. The molecule has 0 aliphatic carbocycles. The number of anilines is 1. The van der Waals surface area contributed by atoms with Crippen molar-refractivity contribution in [1.82, 2.24) is 0 Å². The molecule has 0 bridgehead atoms. The Kier molecular flexibility index (Phi) is 5.49. The van der Waals surface area contributed by atoms with Gasteiger partial charge in [0, 0.05) is 11.4 Å². The summed E-state index contributed by atoms with van der Waals surface area (Å²) in [6.45, 7) is 3.21. The van der Waals surface area contributed by atoms with E-state index in [4.69, 9.17) is 5.11 Å². The Labute approximate surface area is 113 Å². The van der Waals surface area contributed by atoms with E-state index in [-0.39, 0.29) is 12.2 Å². The summed E-state index contributed by atoms with van der Waals surface area (Å²) < 4.78 is 50.1. The maximum atomic E-state index is 13.6. The minimum atomic E-state index is -4.27. The lowest BCUT2D eigenvalue weighted by Crippen LogP contribution is -2.16. The monoisotopic (exact) mass is 297 g/mol. The van der Waals surface area contributed by atoms with E-state index in [0.717, 1.165) is 0 Å². The molecule has 0 saturated carbocycles. The van der Waals surface area contributed by atoms with Crippen LogP contribution in [0.2, 0.25) is 0 Å². The minimum absolute atomic E-state index is 0.0937. The van der Waals surface area contributed by atoms with Gasteiger partial charge in [0.25, 0.3) is 0 Å². The topological polar surface area (TPSA) is 32.3 Å². The number of hydrogen-bond donors (Lipinski definition) is 2. The third-order valence-corrected chi connectivity index (χ3v) is 3.47. The molecule has 1 aromatic rings. The summed E-state index contributed by atoms with van der Waals surface area (Å²) in [7, 11) is 0. The Bertz CT molecular complexity index is 434. The quantitative estimate of drug-likeness (QED) is 0.643. The van der Waals surface area contributed by atoms with Gasteiger partial charge in [-0.3, -0.25) is 0 Å². The van der Waals surface area contributed by atoms with E-state index in [2.05, 4.69) is 5.32 Å². The Balaban J connectivity index is 2.83. The number of aryl methyl sites for hydroxylation is 1. The van der Waals surface area contributed by atoms with Crippen LogP contribution >= 0.6 is 11.8 Å². The number of rotatable bonds is 5. The summed E-state index contributed by atoms with van der Waals surface area (Å²) in [6, 6.07) is 2.52. The van der Waals surface area contributed by atoms with Gasteiger partial charge in [-0.25, -0.2) is 4.39 Å². The predicted molar refractivity (Wildman–Crippen MR) is 68.1 cm³/mol. The molecule has 0 radical (unpaired) electrons. The third-order valence-electron chi connectivity index (χ3n) is 2.24. The standard InChI is InChI=1S/C12H15F4NOS/c1-7-3-9(13)10(17-5-8(2)18)4-11(7)19-6-12(14,15)16/h3-4,8,17-18H,5-6H2,1-2H3/t8-/m1/s1. The van der Waals surface area contributed by atoms with Gasteiger partial charge in [-0.05, 0) is 31.5 Å². The van der Waals surface area contributed by atoms with Crippen LogP contribution in [0.1, 0.15) is 12.5 Å². The first-order chi connectivity index (χ1) is 8.69. The van der Waals surface area contributed by atoms with E-state index in [1.54, 1.807) is 6.92 Å². The highest BCUT2D eigenvalue weighted by Gasteiger charge is 2.27. The zero-order chi connectivity index (χ0) is 14.6. The van der Waals surface area contributed by atoms with Crippen LogP contribution in [-0.4, -0.2) is 29.7 Å². The summed E-state index contributed by atoms with van der Waals surface area (Å²) in [5, 5.41) is 11.8. The Morgan fingerprint density at radius 1 is 1.37 bits per heavy atom. The van der Waals surface area contributed by atoms with Crippen LogP contribution in [0, 0.1) is 12.7 Å². The summed E-state index contributed by atoms with van der Waals surface area (Å²) in [6.07, 6.45) is -4.94. The van der Waals surface area contributed by atoms with Crippen LogP contribution in [0.5, 0.6) is 0 Å². The predicted octanol–water partition coefficient (Wildman–Crippen LogP) is 3.58. The molecule has 1 aromatic carbocycles. The molecule has 2 nitrogen and oxygen atoms in total. The molecule has 0 heterocycles. The van der Waals surface area contributed by atoms with Crippen molar-refractivity contribution < 1.29 is 22.7 Å². The molecule has 0 amide bonds. The first kappa shape index (κ1) is 16.1. The molecule has 0 fully saturated rings. The molecule has 0 unspecified atom stereocenters. The van der Waals surface area contributed by atoms with E-state index >= 15 is 0 Å². The van der Waals surface area contributed by atoms with Crippen molar-refractivity contribution in [2.75, 3.05) is 17.6 Å². The number of benzene rings is 1. The van der Waals surface area contributed by atoms with E-state index in [9.17, 15) is 17.6 Å². The second kappa shape index (κ2) is 6.47. The Morgan fingerprint density at radius 3 is 2.53 bits per heavy atom. The molecule has 0 aromatic heterocycles. The van der Waals surface area contributed by atoms with Crippen LogP contribution in [0.4, 0.5) is 23.2 Å². The third kappa shape index (κ3) is 5.69. The van der Waals surface area contributed by atoms with Crippen LogP contribution in [0.15, 0.2) is 17.0 Å². The molecule has 7 heteroatoms. The van der Waals surface area contributed by atoms with Gasteiger partial charge in [0.05, 0.1) is 17.5 Å². The van der Waals surface area contributed by atoms with E-state index in [1.165, 1.54) is 19.1 Å². The fraction of sp³-hybridized carbons (Fsp3) is 0.500. The van der Waals surface area contributed by atoms with E-state index < -0.39 is 23.9 Å². The fourth-order valence-electron chi connectivity index (χ4n) is 1.36. The van der Waals surface area contributed by atoms with Gasteiger partial charge in [0.15, 0.2) is 0 Å². The van der Waals surface area contributed by atoms with Crippen LogP contribution < -0.4 is 5.32 Å². The van der Waals surface area contributed by atoms with Crippen molar-refractivity contribution in [2.24, 2.45) is 0 Å². The summed E-state index contributed by atoms with van der Waals surface area (Å²) >= 11 is 0.617. The van der Waals surface area contributed by atoms with Crippen molar-refractivity contribution in [3.05, 3.63) is 23.5 Å². The molecule has 0 aliphatic heterocycles. The lowest BCUT2D eigenvalue weighted by Gasteiger charge is -2.13. The van der Waals surface area contributed by atoms with Gasteiger partial charge in [0.1, 0.15) is 5.82 Å². The molecule has 1 atom stereocenters. The van der Waals surface area contributed by atoms with Gasteiger partial charge in [-0.2, -0.15) is 13.2 Å². The number of hydrogen-bond acceptors (Lipinski definition) is 3. The Hall–Kier alpha value is -0.950. The average molecular weight is 297 g/mol. The average Bonchev–Trinajstić information content (AvgIpc) is 2.25. The zero-order valence-corrected chi connectivity index (χ0v) is 11.3. The van der Waals surface area contributed by atoms with Gasteiger partial charge in [0.2, 0.25) is 0 Å². The minimum Gasteiger partial charge on any atom is -0.392 e. The summed E-state index contributed by atoms with van der Waals surface area (Å²) in [5.41, 5.74) is 0.547. The first-order valence-corrected chi connectivity index (χ1v) is 6.59. The molecule has 108 valence electrons. The number of nitrogens with one attached hydrogen (secondary N) is 1. The number of alkyl halides is 3. The van der Waals surface area contributed by atoms with Crippen molar-refractivity contribution >= 4 is 17.4 Å². The first-order valence-electron chi connectivity index (χ1n) is 5.60. The lowest BCUT2D eigenvalue weighted by atomic mass is 10.2. The number of aliphatic hydroxyl groups excluding tert-OH is 1. The summed E-state index contributed by atoms with van der Waals surface area (Å²) in [4.78, 5) is 0.367. The molecule has 0 aliphatic rings. The normalized spacial score (nSPS) is 13.4. The highest BCUT2D eigenvalue weighted by atomic mass is 32.2. The number of halogens is 4. The van der Waals surface area contributed by atoms with Crippen LogP contribution in [0.25, 0.3) is 0 Å². The molecular weight excluding hydrogens is 282 g/mol. The van der Waals surface area contributed by atoms with Crippen molar-refractivity contribution in [3.8, 4) is 0 Å². The Morgan fingerprint density at radius 2 is 2.00 bits per heavy atom. The smallest absolute Gasteiger partial charge is 0.392 e. The number of thioether (sulfide) groups is 1. The fourth-order valence-corrected chi connectivity index (χ4v) is 2.17. The molecule has 1 rings (SSSR count). The summed E-state index contributed by atoms with van der Waals surface area (Å²) in [5.74, 6) is -1.57. The maximum Gasteiger partial charge on any atom is 0.398 e. The molecule has 2 N–H and O–H groups in total. The molecule has 0 saturated heterocycles. The maximum absolute atomic E-state index is 13.6. The van der Waals surface area contributed by atoms with Gasteiger partial charge < -0.3 is 10.4 Å². The van der Waals surface area contributed by atoms with Gasteiger partial charge in [-0.15, -0.1) is 11.8 Å². The molecular formula is C12H15F4NOS. The van der Waals surface area contributed by atoms with E-state index in [0.29, 0.717) is 22.2 Å². The van der Waals surface area contributed by atoms with Gasteiger partial charge >= 0.3 is 6.18 Å². The van der Waals surface area contributed by atoms with Crippen LogP contribution in [0.3, 0.4) is 0 Å². The van der Waals surface area contributed by atoms with Crippen LogP contribution in [-0.2, 0) is 0 Å². The van der Waals surface area contributed by atoms with E-state index in [1.807, 2.05) is 0 Å². The second-order valence-electron chi connectivity index (χ2n) is 4.23. The lowest BCUT2D eigenvalue weighted by molar-refractivity contribution is -0.105. The van der Waals surface area contributed by atoms with Crippen molar-refractivity contribution in [1.29, 1.82) is 0 Å². The SMILES string of the molecule is Cc1cc(F)c(NC[C@@H](C)O)cc1SCC(F)(F)F. The second-order valence-corrected chi connectivity index (χ2v) is 5.25. The van der Waals surface area contributed by atoms with Crippen molar-refractivity contribution in [2.45, 2.75) is 31.0 Å². The number of aliphatic hydroxyl groups is 1. The zero-order valence-electron chi connectivity index (χ0n) is 10.5. The molecule has 19 heavy (non-hydrogen) atoms. The highest BCUT2D eigenvalue weighted by Crippen LogP contribution is 2.32. The van der Waals surface area contributed by atoms with Crippen molar-refractivity contribution in [3.63, 3.8) is 0 Å². The van der Waals surface area contributed by atoms with Gasteiger partial charge in [-0.1, -0.05) is 0 Å².